The molecule has 0 aromatic heterocycles. The first-order valence-electron chi connectivity index (χ1n) is 6.90. The molecule has 0 aromatic carbocycles. The van der Waals surface area contributed by atoms with E-state index in [1.807, 2.05) is 0 Å². The highest BCUT2D eigenvalue weighted by atomic mass is 16.4. The van der Waals surface area contributed by atoms with Crippen molar-refractivity contribution in [3.63, 3.8) is 0 Å². The summed E-state index contributed by atoms with van der Waals surface area (Å²) in [6, 6.07) is -1.85. The van der Waals surface area contributed by atoms with Crippen LogP contribution in [0.3, 0.4) is 0 Å². The van der Waals surface area contributed by atoms with Gasteiger partial charge in [0.15, 0.2) is 0 Å². The van der Waals surface area contributed by atoms with Crippen molar-refractivity contribution in [3.8, 4) is 0 Å². The summed E-state index contributed by atoms with van der Waals surface area (Å²) in [5, 5.41) is 14.1. The maximum atomic E-state index is 12.3. The molecule has 1 aliphatic heterocycles. The van der Waals surface area contributed by atoms with Crippen LogP contribution < -0.4 is 10.6 Å². The van der Waals surface area contributed by atoms with Crippen molar-refractivity contribution in [2.24, 2.45) is 5.41 Å². The Morgan fingerprint density at radius 3 is 2.71 bits per heavy atom. The van der Waals surface area contributed by atoms with E-state index in [2.05, 4.69) is 10.6 Å². The summed E-state index contributed by atoms with van der Waals surface area (Å²) < 4.78 is 0. The molecule has 1 saturated carbocycles. The Kier molecular flexibility index (Phi) is 3.89. The van der Waals surface area contributed by atoms with Crippen LogP contribution in [-0.2, 0) is 14.4 Å². The summed E-state index contributed by atoms with van der Waals surface area (Å²) in [5.74, 6) is -2.03. The monoisotopic (exact) mass is 297 g/mol. The third kappa shape index (κ3) is 2.70. The predicted molar refractivity (Wildman–Crippen MR) is 71.2 cm³/mol. The third-order valence-electron chi connectivity index (χ3n) is 4.43. The molecule has 0 radical (unpaired) electrons. The Labute approximate surface area is 121 Å². The SMILES string of the molecule is CC1C(=O)NC(=O)CN1C(=O)NC1CCCC1(C)C(=O)O. The Morgan fingerprint density at radius 1 is 1.43 bits per heavy atom. The lowest BCUT2D eigenvalue weighted by atomic mass is 9.85. The van der Waals surface area contributed by atoms with E-state index in [4.69, 9.17) is 0 Å². The minimum absolute atomic E-state index is 0.213. The predicted octanol–water partition coefficient (Wildman–Crippen LogP) is -0.314. The van der Waals surface area contributed by atoms with Crippen molar-refractivity contribution < 1.29 is 24.3 Å². The van der Waals surface area contributed by atoms with Gasteiger partial charge in [0.1, 0.15) is 12.6 Å². The van der Waals surface area contributed by atoms with Gasteiger partial charge in [-0.05, 0) is 26.7 Å². The number of imide groups is 1. The van der Waals surface area contributed by atoms with E-state index >= 15 is 0 Å². The second-order valence-electron chi connectivity index (χ2n) is 5.83. The molecule has 2 aliphatic rings. The van der Waals surface area contributed by atoms with Gasteiger partial charge in [-0.15, -0.1) is 0 Å². The molecule has 0 bridgehead atoms. The highest BCUT2D eigenvalue weighted by molar-refractivity contribution is 6.03. The van der Waals surface area contributed by atoms with Crippen LogP contribution in [-0.4, -0.2) is 52.4 Å². The maximum absolute atomic E-state index is 12.3. The second kappa shape index (κ2) is 5.34. The molecule has 21 heavy (non-hydrogen) atoms. The molecule has 1 heterocycles. The van der Waals surface area contributed by atoms with E-state index in [1.54, 1.807) is 6.92 Å². The van der Waals surface area contributed by atoms with Gasteiger partial charge in [0.2, 0.25) is 11.8 Å². The van der Waals surface area contributed by atoms with E-state index in [0.717, 1.165) is 4.90 Å². The van der Waals surface area contributed by atoms with E-state index in [0.29, 0.717) is 19.3 Å². The molecule has 8 nitrogen and oxygen atoms in total. The fourth-order valence-corrected chi connectivity index (χ4v) is 2.85. The average Bonchev–Trinajstić information content (AvgIpc) is 2.76. The molecular weight excluding hydrogens is 278 g/mol. The van der Waals surface area contributed by atoms with Crippen LogP contribution >= 0.6 is 0 Å². The molecular formula is C13H19N3O5. The molecule has 3 N–H and O–H groups in total. The second-order valence-corrected chi connectivity index (χ2v) is 5.83. The summed E-state index contributed by atoms with van der Waals surface area (Å²) in [4.78, 5) is 47.7. The average molecular weight is 297 g/mol. The zero-order valence-corrected chi connectivity index (χ0v) is 12.0. The minimum Gasteiger partial charge on any atom is -0.481 e. The van der Waals surface area contributed by atoms with Gasteiger partial charge < -0.3 is 15.3 Å². The number of carbonyl (C=O) groups excluding carboxylic acids is 3. The van der Waals surface area contributed by atoms with Crippen LogP contribution in [0.5, 0.6) is 0 Å². The molecule has 8 heteroatoms. The van der Waals surface area contributed by atoms with Gasteiger partial charge >= 0.3 is 12.0 Å². The fraction of sp³-hybridized carbons (Fsp3) is 0.692. The van der Waals surface area contributed by atoms with Crippen LogP contribution in [0.4, 0.5) is 4.79 Å². The van der Waals surface area contributed by atoms with Gasteiger partial charge in [0, 0.05) is 6.04 Å². The minimum atomic E-state index is -1.01. The smallest absolute Gasteiger partial charge is 0.318 e. The first kappa shape index (κ1) is 15.3. The van der Waals surface area contributed by atoms with Gasteiger partial charge in [-0.25, -0.2) is 4.79 Å². The van der Waals surface area contributed by atoms with Crippen molar-refractivity contribution in [3.05, 3.63) is 0 Å². The zero-order valence-electron chi connectivity index (χ0n) is 12.0. The van der Waals surface area contributed by atoms with Gasteiger partial charge in [-0.3, -0.25) is 19.7 Å². The molecule has 1 saturated heterocycles. The fourth-order valence-electron chi connectivity index (χ4n) is 2.85. The number of piperazine rings is 1. The zero-order chi connectivity index (χ0) is 15.8. The Balaban J connectivity index is 2.09. The molecule has 4 amide bonds. The Bertz CT molecular complexity index is 506. The highest BCUT2D eigenvalue weighted by Crippen LogP contribution is 2.38. The number of hydrogen-bond acceptors (Lipinski definition) is 4. The topological polar surface area (TPSA) is 116 Å². The standard InChI is InChI=1S/C13H19N3O5/c1-7-10(18)15-9(17)6-16(7)12(21)14-8-4-3-5-13(8,2)11(19)20/h7-8H,3-6H2,1-2H3,(H,14,21)(H,19,20)(H,15,17,18). The Morgan fingerprint density at radius 2 is 2.10 bits per heavy atom. The molecule has 116 valence electrons. The molecule has 3 atom stereocenters. The van der Waals surface area contributed by atoms with Crippen LogP contribution in [0.15, 0.2) is 0 Å². The lowest BCUT2D eigenvalue weighted by molar-refractivity contribution is -0.148. The maximum Gasteiger partial charge on any atom is 0.318 e. The van der Waals surface area contributed by atoms with Crippen molar-refractivity contribution in [2.45, 2.75) is 45.2 Å². The number of hydrogen-bond donors (Lipinski definition) is 3. The van der Waals surface area contributed by atoms with Crippen molar-refractivity contribution in [1.29, 1.82) is 0 Å². The third-order valence-corrected chi connectivity index (χ3v) is 4.43. The number of rotatable bonds is 2. The summed E-state index contributed by atoms with van der Waals surface area (Å²) in [5.41, 5.74) is -1.01. The van der Waals surface area contributed by atoms with Gasteiger partial charge in [-0.1, -0.05) is 6.42 Å². The molecule has 2 fully saturated rings. The number of nitrogens with zero attached hydrogens (tertiary/aromatic N) is 1. The molecule has 3 unspecified atom stereocenters. The molecule has 0 spiro atoms. The van der Waals surface area contributed by atoms with Crippen LogP contribution in [0.25, 0.3) is 0 Å². The van der Waals surface area contributed by atoms with Crippen LogP contribution in [0.2, 0.25) is 0 Å². The largest absolute Gasteiger partial charge is 0.481 e. The number of carboxylic acid groups (broad SMARTS) is 1. The number of amides is 4. The van der Waals surface area contributed by atoms with Gasteiger partial charge in [0.05, 0.1) is 5.41 Å². The number of carboxylic acids is 1. The molecule has 1 aliphatic carbocycles. The van der Waals surface area contributed by atoms with Crippen LogP contribution in [0, 0.1) is 5.41 Å². The summed E-state index contributed by atoms with van der Waals surface area (Å²) >= 11 is 0. The van der Waals surface area contributed by atoms with Crippen molar-refractivity contribution in [1.82, 2.24) is 15.5 Å². The van der Waals surface area contributed by atoms with E-state index in [9.17, 15) is 24.3 Å². The lowest BCUT2D eigenvalue weighted by Gasteiger charge is -2.35. The summed E-state index contributed by atoms with van der Waals surface area (Å²) in [6.07, 6.45) is 1.77. The molecule has 2 rings (SSSR count). The number of urea groups is 1. The normalized spacial score (nSPS) is 32.8. The number of aliphatic carboxylic acids is 1. The van der Waals surface area contributed by atoms with E-state index < -0.39 is 41.3 Å². The van der Waals surface area contributed by atoms with Gasteiger partial charge in [0.25, 0.3) is 0 Å². The van der Waals surface area contributed by atoms with Crippen molar-refractivity contribution >= 4 is 23.8 Å². The first-order valence-corrected chi connectivity index (χ1v) is 6.90. The van der Waals surface area contributed by atoms with Gasteiger partial charge in [-0.2, -0.15) is 0 Å². The van der Waals surface area contributed by atoms with Crippen LogP contribution in [0.1, 0.15) is 33.1 Å². The van der Waals surface area contributed by atoms with E-state index in [-0.39, 0.29) is 6.54 Å². The summed E-state index contributed by atoms with van der Waals surface area (Å²) in [6.45, 7) is 2.91. The number of carbonyl (C=O) groups is 4. The quantitative estimate of drug-likeness (QED) is 0.604. The summed E-state index contributed by atoms with van der Waals surface area (Å²) in [7, 11) is 0. The lowest BCUT2D eigenvalue weighted by Crippen LogP contribution is -2.62. The first-order chi connectivity index (χ1) is 9.75. The van der Waals surface area contributed by atoms with Crippen molar-refractivity contribution in [2.75, 3.05) is 6.54 Å². The highest BCUT2D eigenvalue weighted by Gasteiger charge is 2.47. The molecule has 0 aromatic rings. The van der Waals surface area contributed by atoms with E-state index in [1.165, 1.54) is 6.92 Å². The Hall–Kier alpha value is -2.12. The number of nitrogens with one attached hydrogen (secondary N) is 2.